The minimum Gasteiger partial charge on any atom is -0.459 e. The smallest absolute Gasteiger partial charge is 0.296 e. The lowest BCUT2D eigenvalue weighted by Gasteiger charge is -2.31. The Hall–Kier alpha value is -2.98. The van der Waals surface area contributed by atoms with E-state index in [1.54, 1.807) is 12.3 Å². The largest absolute Gasteiger partial charge is 0.459 e. The van der Waals surface area contributed by atoms with Crippen molar-refractivity contribution < 1.29 is 19.7 Å². The lowest BCUT2D eigenvalue weighted by molar-refractivity contribution is -0.131. The fourth-order valence-electron chi connectivity index (χ4n) is 3.63. The lowest BCUT2D eigenvalue weighted by atomic mass is 10.0. The lowest BCUT2D eigenvalue weighted by Crippen LogP contribution is -2.45. The third-order valence-electron chi connectivity index (χ3n) is 5.28. The van der Waals surface area contributed by atoms with Crippen molar-refractivity contribution >= 4 is 22.8 Å². The highest BCUT2D eigenvalue weighted by molar-refractivity contribution is 6.33. The number of fused-ring (bicyclic) bond motifs is 1. The molecule has 9 nitrogen and oxygen atoms in total. The van der Waals surface area contributed by atoms with Gasteiger partial charge in [0.2, 0.25) is 0 Å². The van der Waals surface area contributed by atoms with E-state index in [-0.39, 0.29) is 25.3 Å². The first-order valence-corrected chi connectivity index (χ1v) is 10.2. The van der Waals surface area contributed by atoms with Gasteiger partial charge in [-0.15, -0.1) is 0 Å². The molecule has 0 spiro atoms. The van der Waals surface area contributed by atoms with E-state index in [0.29, 0.717) is 28.3 Å². The molecule has 0 aliphatic carbocycles. The van der Waals surface area contributed by atoms with Gasteiger partial charge in [0.1, 0.15) is 12.2 Å². The van der Waals surface area contributed by atoms with Crippen molar-refractivity contribution in [3.05, 3.63) is 47.7 Å². The van der Waals surface area contributed by atoms with E-state index in [0.717, 1.165) is 16.7 Å². The summed E-state index contributed by atoms with van der Waals surface area (Å²) in [7, 11) is 0. The maximum absolute atomic E-state index is 10.0. The molecule has 4 aromatic rings. The molecule has 1 saturated heterocycles. The van der Waals surface area contributed by atoms with E-state index in [2.05, 4.69) is 25.1 Å². The SMILES string of the molecule is OC[C@H]1OC[C@H](Oc2nc3nc(-c4ccc(-c5cn[nH]c5)cc4)c(Cl)cc3[nH]2)C[C@@H]1O. The van der Waals surface area contributed by atoms with Gasteiger partial charge in [-0.3, -0.25) is 5.10 Å². The van der Waals surface area contributed by atoms with E-state index in [4.69, 9.17) is 21.1 Å². The summed E-state index contributed by atoms with van der Waals surface area (Å²) < 4.78 is 11.2. The van der Waals surface area contributed by atoms with Gasteiger partial charge in [-0.2, -0.15) is 10.1 Å². The summed E-state index contributed by atoms with van der Waals surface area (Å²) in [6.07, 6.45) is 2.17. The number of H-pyrrole nitrogens is 2. The number of aliphatic hydroxyl groups excluding tert-OH is 2. The molecule has 0 saturated carbocycles. The van der Waals surface area contributed by atoms with Crippen molar-refractivity contribution in [2.75, 3.05) is 13.2 Å². The number of pyridine rings is 1. The van der Waals surface area contributed by atoms with Gasteiger partial charge in [0.25, 0.3) is 6.01 Å². The van der Waals surface area contributed by atoms with Gasteiger partial charge >= 0.3 is 0 Å². The normalized spacial score (nSPS) is 21.5. The molecule has 0 radical (unpaired) electrons. The topological polar surface area (TPSA) is 129 Å². The number of benzene rings is 1. The minimum absolute atomic E-state index is 0.229. The number of aliphatic hydroxyl groups is 2. The highest BCUT2D eigenvalue weighted by Gasteiger charge is 2.31. The van der Waals surface area contributed by atoms with Crippen LogP contribution in [-0.4, -0.2) is 66.9 Å². The molecule has 1 aromatic carbocycles. The van der Waals surface area contributed by atoms with Crippen molar-refractivity contribution in [2.24, 2.45) is 0 Å². The molecular weight excluding hydrogens is 422 g/mol. The number of aromatic amines is 2. The molecule has 1 fully saturated rings. The number of ether oxygens (including phenoxy) is 2. The van der Waals surface area contributed by atoms with Crippen molar-refractivity contribution in [1.29, 1.82) is 0 Å². The Morgan fingerprint density at radius 2 is 1.97 bits per heavy atom. The van der Waals surface area contributed by atoms with E-state index in [9.17, 15) is 10.2 Å². The average molecular weight is 442 g/mol. The Bertz CT molecular complexity index is 1180. The maximum atomic E-state index is 10.0. The summed E-state index contributed by atoms with van der Waals surface area (Å²) in [5.41, 5.74) is 4.63. The van der Waals surface area contributed by atoms with Crippen molar-refractivity contribution in [3.8, 4) is 28.4 Å². The molecular formula is C21H20ClN5O4. The number of halogens is 1. The fourth-order valence-corrected chi connectivity index (χ4v) is 3.89. The third-order valence-corrected chi connectivity index (χ3v) is 5.57. The third kappa shape index (κ3) is 4.00. The number of hydrogen-bond donors (Lipinski definition) is 4. The molecule has 3 atom stereocenters. The Kier molecular flexibility index (Phi) is 5.33. The summed E-state index contributed by atoms with van der Waals surface area (Å²) in [4.78, 5) is 12.1. The van der Waals surface area contributed by atoms with Crippen LogP contribution in [0.3, 0.4) is 0 Å². The van der Waals surface area contributed by atoms with E-state index < -0.39 is 12.2 Å². The van der Waals surface area contributed by atoms with Crippen molar-refractivity contribution in [3.63, 3.8) is 0 Å². The molecule has 10 heteroatoms. The van der Waals surface area contributed by atoms with Crippen LogP contribution in [0.1, 0.15) is 6.42 Å². The molecule has 1 aliphatic heterocycles. The van der Waals surface area contributed by atoms with E-state index in [1.165, 1.54) is 0 Å². The molecule has 0 bridgehead atoms. The van der Waals surface area contributed by atoms with Crippen LogP contribution in [0.4, 0.5) is 0 Å². The van der Waals surface area contributed by atoms with Crippen molar-refractivity contribution in [1.82, 2.24) is 25.1 Å². The summed E-state index contributed by atoms with van der Waals surface area (Å²) in [5, 5.41) is 26.4. The molecule has 5 rings (SSSR count). The van der Waals surface area contributed by atoms with Gasteiger partial charge in [0, 0.05) is 23.7 Å². The van der Waals surface area contributed by atoms with Crippen LogP contribution in [0.15, 0.2) is 42.7 Å². The van der Waals surface area contributed by atoms with E-state index in [1.807, 2.05) is 30.5 Å². The Balaban J connectivity index is 1.37. The Morgan fingerprint density at radius 3 is 2.68 bits per heavy atom. The van der Waals surface area contributed by atoms with Crippen LogP contribution in [-0.2, 0) is 4.74 Å². The van der Waals surface area contributed by atoms with Gasteiger partial charge in [0.05, 0.1) is 41.7 Å². The summed E-state index contributed by atoms with van der Waals surface area (Å²) in [6.45, 7) is 0.0224. The first-order valence-electron chi connectivity index (χ1n) is 9.83. The van der Waals surface area contributed by atoms with Crippen LogP contribution in [0.5, 0.6) is 6.01 Å². The Labute approximate surface area is 182 Å². The van der Waals surface area contributed by atoms with Crippen LogP contribution in [0.25, 0.3) is 33.5 Å². The minimum atomic E-state index is -0.794. The van der Waals surface area contributed by atoms with Gasteiger partial charge in [-0.25, -0.2) is 4.98 Å². The number of imidazole rings is 1. The zero-order valence-corrected chi connectivity index (χ0v) is 17.1. The van der Waals surface area contributed by atoms with Crippen molar-refractivity contribution in [2.45, 2.75) is 24.7 Å². The Morgan fingerprint density at radius 1 is 1.16 bits per heavy atom. The number of aromatic nitrogens is 5. The van der Waals surface area contributed by atoms with Crippen LogP contribution >= 0.6 is 11.6 Å². The molecule has 31 heavy (non-hydrogen) atoms. The molecule has 0 unspecified atom stereocenters. The molecule has 0 amide bonds. The van der Waals surface area contributed by atoms with E-state index >= 15 is 0 Å². The molecule has 1 aliphatic rings. The van der Waals surface area contributed by atoms with Crippen LogP contribution in [0.2, 0.25) is 5.02 Å². The second-order valence-electron chi connectivity index (χ2n) is 7.39. The highest BCUT2D eigenvalue weighted by atomic mass is 35.5. The highest BCUT2D eigenvalue weighted by Crippen LogP contribution is 2.31. The average Bonchev–Trinajstić information content (AvgIpc) is 3.43. The first kappa shape index (κ1) is 20.0. The predicted octanol–water partition coefficient (Wildman–Crippen LogP) is 2.56. The van der Waals surface area contributed by atoms with Gasteiger partial charge < -0.3 is 24.7 Å². The molecule has 3 aromatic heterocycles. The second kappa shape index (κ2) is 8.27. The molecule has 160 valence electrons. The van der Waals surface area contributed by atoms with Gasteiger partial charge in [-0.1, -0.05) is 35.9 Å². The van der Waals surface area contributed by atoms with Crippen LogP contribution < -0.4 is 4.74 Å². The van der Waals surface area contributed by atoms with Gasteiger partial charge in [0.15, 0.2) is 5.65 Å². The number of hydrogen-bond acceptors (Lipinski definition) is 7. The zero-order chi connectivity index (χ0) is 21.4. The monoisotopic (exact) mass is 441 g/mol. The number of nitrogens with zero attached hydrogens (tertiary/aromatic N) is 3. The molecule has 4 N–H and O–H groups in total. The summed E-state index contributed by atoms with van der Waals surface area (Å²) >= 11 is 6.49. The van der Waals surface area contributed by atoms with Gasteiger partial charge in [-0.05, 0) is 11.6 Å². The van der Waals surface area contributed by atoms with Crippen LogP contribution in [0, 0.1) is 0 Å². The fraction of sp³-hybridized carbons (Fsp3) is 0.286. The second-order valence-corrected chi connectivity index (χ2v) is 7.80. The maximum Gasteiger partial charge on any atom is 0.296 e. The zero-order valence-electron chi connectivity index (χ0n) is 16.3. The quantitative estimate of drug-likeness (QED) is 0.374. The number of rotatable bonds is 5. The summed E-state index contributed by atoms with van der Waals surface area (Å²) in [6, 6.07) is 9.90. The number of nitrogens with one attached hydrogen (secondary N) is 2. The predicted molar refractivity (Wildman–Crippen MR) is 114 cm³/mol. The first-order chi connectivity index (χ1) is 15.1. The molecule has 4 heterocycles. The summed E-state index contributed by atoms with van der Waals surface area (Å²) in [5.74, 6) is 0. The standard InChI is InChI=1S/C21H20ClN5O4/c22-15-6-16-20(27-21(25-16)31-14-5-17(29)18(9-28)30-10-14)26-19(15)12-3-1-11(2-4-12)13-7-23-24-8-13/h1-4,6-8,14,17-18,28-29H,5,9-10H2,(H,23,24)(H,25,26,27)/t14-,17+,18-/m1/s1.